The summed E-state index contributed by atoms with van der Waals surface area (Å²) in [5.74, 6) is 0.792. The molecule has 1 aromatic carbocycles. The molecule has 18 heavy (non-hydrogen) atoms. The van der Waals surface area contributed by atoms with Crippen LogP contribution >= 0.6 is 0 Å². The van der Waals surface area contributed by atoms with Crippen LogP contribution in [0.4, 0.5) is 0 Å². The van der Waals surface area contributed by atoms with Crippen molar-refractivity contribution in [2.75, 3.05) is 20.1 Å². The Labute approximate surface area is 107 Å². The van der Waals surface area contributed by atoms with E-state index in [4.69, 9.17) is 0 Å². The fourth-order valence-electron chi connectivity index (χ4n) is 2.84. The van der Waals surface area contributed by atoms with Crippen LogP contribution in [0, 0.1) is 5.92 Å². The second-order valence-electron chi connectivity index (χ2n) is 5.11. The molecular formula is C14H20N4. The monoisotopic (exact) mass is 244 g/mol. The van der Waals surface area contributed by atoms with Crippen LogP contribution in [0.5, 0.6) is 0 Å². The highest BCUT2D eigenvalue weighted by molar-refractivity contribution is 5.75. The summed E-state index contributed by atoms with van der Waals surface area (Å²) < 4.78 is 0. The molecule has 1 fully saturated rings. The summed E-state index contributed by atoms with van der Waals surface area (Å²) in [5.41, 5.74) is 3.51. The van der Waals surface area contributed by atoms with E-state index in [-0.39, 0.29) is 0 Å². The maximum Gasteiger partial charge on any atom is 0.0931 e. The summed E-state index contributed by atoms with van der Waals surface area (Å²) in [7, 11) is 2.05. The van der Waals surface area contributed by atoms with Gasteiger partial charge in [0, 0.05) is 6.04 Å². The molecule has 3 N–H and O–H groups in total. The van der Waals surface area contributed by atoms with E-state index in [0.717, 1.165) is 23.5 Å². The molecule has 0 amide bonds. The Morgan fingerprint density at radius 1 is 1.50 bits per heavy atom. The van der Waals surface area contributed by atoms with Crippen LogP contribution in [0.1, 0.15) is 24.4 Å². The molecular weight excluding hydrogens is 224 g/mol. The quantitative estimate of drug-likeness (QED) is 0.769. The standard InChI is InChI=1S/C14H20N4/c1-15-13(6-10-4-5-16-8-10)11-2-3-12-14(7-11)18-9-17-12/h2-3,7,9-10,13,15-16H,4-6,8H2,1H3,(H,17,18). The van der Waals surface area contributed by atoms with Crippen molar-refractivity contribution in [1.82, 2.24) is 20.6 Å². The van der Waals surface area contributed by atoms with Crippen molar-refractivity contribution in [1.29, 1.82) is 0 Å². The lowest BCUT2D eigenvalue weighted by molar-refractivity contribution is 0.430. The Morgan fingerprint density at radius 3 is 3.22 bits per heavy atom. The van der Waals surface area contributed by atoms with Crippen molar-refractivity contribution in [3.63, 3.8) is 0 Å². The van der Waals surface area contributed by atoms with E-state index in [9.17, 15) is 0 Å². The SMILES string of the molecule is CNC(CC1CCNC1)c1ccc2nc[nH]c2c1. The van der Waals surface area contributed by atoms with Gasteiger partial charge >= 0.3 is 0 Å². The van der Waals surface area contributed by atoms with Crippen LogP contribution in [-0.4, -0.2) is 30.1 Å². The van der Waals surface area contributed by atoms with Gasteiger partial charge in [-0.15, -0.1) is 0 Å². The molecule has 4 nitrogen and oxygen atoms in total. The van der Waals surface area contributed by atoms with Crippen molar-refractivity contribution in [2.24, 2.45) is 5.92 Å². The summed E-state index contributed by atoms with van der Waals surface area (Å²) in [4.78, 5) is 7.44. The van der Waals surface area contributed by atoms with Gasteiger partial charge in [-0.3, -0.25) is 0 Å². The fourth-order valence-corrected chi connectivity index (χ4v) is 2.84. The Kier molecular flexibility index (Phi) is 3.30. The molecule has 2 atom stereocenters. The number of hydrogen-bond acceptors (Lipinski definition) is 3. The van der Waals surface area contributed by atoms with Gasteiger partial charge in [0.15, 0.2) is 0 Å². The van der Waals surface area contributed by atoms with Crippen LogP contribution in [0.15, 0.2) is 24.5 Å². The summed E-state index contributed by atoms with van der Waals surface area (Å²) >= 11 is 0. The normalized spacial score (nSPS) is 21.5. The van der Waals surface area contributed by atoms with Crippen molar-refractivity contribution < 1.29 is 0 Å². The molecule has 0 spiro atoms. The fraction of sp³-hybridized carbons (Fsp3) is 0.500. The van der Waals surface area contributed by atoms with E-state index in [1.807, 2.05) is 7.05 Å². The third-order valence-electron chi connectivity index (χ3n) is 3.93. The number of imidazole rings is 1. The Morgan fingerprint density at radius 2 is 2.44 bits per heavy atom. The molecule has 2 aromatic rings. The van der Waals surface area contributed by atoms with Gasteiger partial charge in [-0.25, -0.2) is 4.98 Å². The highest BCUT2D eigenvalue weighted by Crippen LogP contribution is 2.26. The van der Waals surface area contributed by atoms with Crippen molar-refractivity contribution in [2.45, 2.75) is 18.9 Å². The molecule has 2 heterocycles. The van der Waals surface area contributed by atoms with E-state index < -0.39 is 0 Å². The predicted octanol–water partition coefficient (Wildman–Crippen LogP) is 1.82. The Balaban J connectivity index is 1.80. The number of nitrogens with one attached hydrogen (secondary N) is 3. The molecule has 0 bridgehead atoms. The zero-order valence-electron chi connectivity index (χ0n) is 10.7. The predicted molar refractivity (Wildman–Crippen MR) is 73.5 cm³/mol. The molecule has 1 aliphatic heterocycles. The van der Waals surface area contributed by atoms with E-state index in [1.165, 1.54) is 24.9 Å². The highest BCUT2D eigenvalue weighted by atomic mass is 14.9. The van der Waals surface area contributed by atoms with Crippen molar-refractivity contribution >= 4 is 11.0 Å². The highest BCUT2D eigenvalue weighted by Gasteiger charge is 2.20. The summed E-state index contributed by atoms with van der Waals surface area (Å²) in [6, 6.07) is 6.93. The maximum atomic E-state index is 4.26. The first-order valence-corrected chi connectivity index (χ1v) is 6.68. The number of benzene rings is 1. The number of H-pyrrole nitrogens is 1. The minimum Gasteiger partial charge on any atom is -0.345 e. The van der Waals surface area contributed by atoms with Gasteiger partial charge in [-0.05, 0) is 56.6 Å². The summed E-state index contributed by atoms with van der Waals surface area (Å²) in [6.45, 7) is 2.32. The molecule has 1 aliphatic rings. The van der Waals surface area contributed by atoms with Gasteiger partial charge in [0.2, 0.25) is 0 Å². The molecule has 2 unspecified atom stereocenters. The molecule has 96 valence electrons. The van der Waals surface area contributed by atoms with Gasteiger partial charge in [-0.2, -0.15) is 0 Å². The second-order valence-corrected chi connectivity index (χ2v) is 5.11. The largest absolute Gasteiger partial charge is 0.345 e. The molecule has 4 heteroatoms. The first-order chi connectivity index (χ1) is 8.86. The lowest BCUT2D eigenvalue weighted by Crippen LogP contribution is -2.21. The first-order valence-electron chi connectivity index (χ1n) is 6.68. The lowest BCUT2D eigenvalue weighted by atomic mass is 9.94. The van der Waals surface area contributed by atoms with Crippen LogP contribution < -0.4 is 10.6 Å². The Hall–Kier alpha value is -1.39. The van der Waals surface area contributed by atoms with E-state index in [2.05, 4.69) is 38.8 Å². The minimum atomic E-state index is 0.433. The first kappa shape index (κ1) is 11.7. The van der Waals surface area contributed by atoms with Crippen LogP contribution in [0.3, 0.4) is 0 Å². The van der Waals surface area contributed by atoms with Crippen LogP contribution in [0.25, 0.3) is 11.0 Å². The summed E-state index contributed by atoms with van der Waals surface area (Å²) in [6.07, 6.45) is 4.25. The zero-order valence-corrected chi connectivity index (χ0v) is 10.7. The average molecular weight is 244 g/mol. The smallest absolute Gasteiger partial charge is 0.0931 e. The minimum absolute atomic E-state index is 0.433. The third-order valence-corrected chi connectivity index (χ3v) is 3.93. The molecule has 0 radical (unpaired) electrons. The Bertz CT molecular complexity index is 513. The van der Waals surface area contributed by atoms with Gasteiger partial charge < -0.3 is 15.6 Å². The number of hydrogen-bond donors (Lipinski definition) is 3. The van der Waals surface area contributed by atoms with Crippen LogP contribution in [0.2, 0.25) is 0 Å². The number of rotatable bonds is 4. The number of aromatic amines is 1. The molecule has 0 aliphatic carbocycles. The maximum absolute atomic E-state index is 4.26. The van der Waals surface area contributed by atoms with Crippen molar-refractivity contribution in [3.8, 4) is 0 Å². The second kappa shape index (κ2) is 5.08. The van der Waals surface area contributed by atoms with Gasteiger partial charge in [-0.1, -0.05) is 6.07 Å². The summed E-state index contributed by atoms with van der Waals surface area (Å²) in [5, 5.41) is 6.87. The van der Waals surface area contributed by atoms with Gasteiger partial charge in [0.25, 0.3) is 0 Å². The number of fused-ring (bicyclic) bond motifs is 1. The third kappa shape index (κ3) is 2.26. The number of nitrogens with zero attached hydrogens (tertiary/aromatic N) is 1. The zero-order chi connectivity index (χ0) is 12.4. The van der Waals surface area contributed by atoms with Gasteiger partial charge in [0.05, 0.1) is 17.4 Å². The van der Waals surface area contributed by atoms with E-state index in [1.54, 1.807) is 6.33 Å². The van der Waals surface area contributed by atoms with Crippen molar-refractivity contribution in [3.05, 3.63) is 30.1 Å². The topological polar surface area (TPSA) is 52.7 Å². The molecule has 1 aromatic heterocycles. The average Bonchev–Trinajstić information content (AvgIpc) is 3.06. The van der Waals surface area contributed by atoms with Gasteiger partial charge in [0.1, 0.15) is 0 Å². The number of aromatic nitrogens is 2. The van der Waals surface area contributed by atoms with E-state index in [0.29, 0.717) is 6.04 Å². The lowest BCUT2D eigenvalue weighted by Gasteiger charge is -2.20. The molecule has 1 saturated heterocycles. The molecule has 0 saturated carbocycles. The van der Waals surface area contributed by atoms with E-state index >= 15 is 0 Å². The van der Waals surface area contributed by atoms with Crippen LogP contribution in [-0.2, 0) is 0 Å². The molecule has 3 rings (SSSR count).